The molecule has 1 unspecified atom stereocenters. The Hall–Kier alpha value is -2.60. The van der Waals surface area contributed by atoms with Gasteiger partial charge in [0.15, 0.2) is 17.1 Å². The van der Waals surface area contributed by atoms with Crippen LogP contribution in [0.5, 0.6) is 5.75 Å². The number of hydrogen-bond donors (Lipinski definition) is 0. The van der Waals surface area contributed by atoms with Crippen LogP contribution in [0.25, 0.3) is 0 Å². The van der Waals surface area contributed by atoms with Gasteiger partial charge >= 0.3 is 0 Å². The number of thioether (sulfide) groups is 1. The second-order valence-electron chi connectivity index (χ2n) is 6.61. The van der Waals surface area contributed by atoms with Gasteiger partial charge in [0, 0.05) is 12.3 Å². The van der Waals surface area contributed by atoms with Gasteiger partial charge in [-0.3, -0.25) is 4.57 Å². The Morgan fingerprint density at radius 3 is 2.64 bits per heavy atom. The molecule has 1 heterocycles. The van der Waals surface area contributed by atoms with E-state index < -0.39 is 0 Å². The zero-order valence-electron chi connectivity index (χ0n) is 16.4. The lowest BCUT2D eigenvalue weighted by atomic mass is 10.1. The summed E-state index contributed by atoms with van der Waals surface area (Å²) in [4.78, 5) is 0. The Balaban J connectivity index is 1.78. The second-order valence-corrected chi connectivity index (χ2v) is 7.56. The smallest absolute Gasteiger partial charge is 0.191 e. The Kier molecular flexibility index (Phi) is 6.52. The Bertz CT molecular complexity index is 953. The summed E-state index contributed by atoms with van der Waals surface area (Å²) >= 11 is 1.56. The van der Waals surface area contributed by atoms with Crippen molar-refractivity contribution >= 4 is 11.8 Å². The van der Waals surface area contributed by atoms with Gasteiger partial charge in [0.05, 0.1) is 0 Å². The molecule has 3 rings (SSSR count). The molecule has 0 aliphatic rings. The molecule has 0 aliphatic heterocycles. The quantitative estimate of drug-likeness (QED) is 0.364. The monoisotopic (exact) mass is 397 g/mol. The zero-order valence-corrected chi connectivity index (χ0v) is 17.2. The van der Waals surface area contributed by atoms with Gasteiger partial charge in [0.1, 0.15) is 11.6 Å². The summed E-state index contributed by atoms with van der Waals surface area (Å²) in [7, 11) is 0. The molecule has 2 aromatic carbocycles. The van der Waals surface area contributed by atoms with E-state index in [1.54, 1.807) is 23.9 Å². The molecule has 1 atom stereocenters. The van der Waals surface area contributed by atoms with Gasteiger partial charge in [-0.15, -0.1) is 16.8 Å². The van der Waals surface area contributed by atoms with Gasteiger partial charge in [0.25, 0.3) is 0 Å². The largest absolute Gasteiger partial charge is 0.482 e. The number of nitrogens with zero attached hydrogens (tertiary/aromatic N) is 3. The summed E-state index contributed by atoms with van der Waals surface area (Å²) in [6.45, 7) is 10.5. The minimum Gasteiger partial charge on any atom is -0.482 e. The lowest BCUT2D eigenvalue weighted by Gasteiger charge is -2.18. The fraction of sp³-hybridized carbons (Fsp3) is 0.273. The third-order valence-corrected chi connectivity index (χ3v) is 5.60. The van der Waals surface area contributed by atoms with E-state index in [0.29, 0.717) is 12.3 Å². The molecule has 0 spiro atoms. The zero-order chi connectivity index (χ0) is 20.1. The third-order valence-electron chi connectivity index (χ3n) is 4.56. The van der Waals surface area contributed by atoms with Crippen molar-refractivity contribution in [1.82, 2.24) is 14.8 Å². The highest BCUT2D eigenvalue weighted by atomic mass is 32.2. The summed E-state index contributed by atoms with van der Waals surface area (Å²) in [5, 5.41) is 9.50. The van der Waals surface area contributed by atoms with E-state index in [-0.39, 0.29) is 11.9 Å². The standard InChI is InChI=1S/C22H24FN3OS/c1-5-13-26-21(17(4)27-20-8-6-7-15(2)16(20)3)24-25-22(26)28-14-18-9-11-19(23)12-10-18/h5-12,17H,1,13-14H2,2-4H3. The first-order chi connectivity index (χ1) is 13.5. The summed E-state index contributed by atoms with van der Waals surface area (Å²) in [6.07, 6.45) is 1.56. The fourth-order valence-electron chi connectivity index (χ4n) is 2.83. The van der Waals surface area contributed by atoms with Crippen LogP contribution in [0.4, 0.5) is 4.39 Å². The number of aromatic nitrogens is 3. The topological polar surface area (TPSA) is 39.9 Å². The molecular formula is C22H24FN3OS. The lowest BCUT2D eigenvalue weighted by molar-refractivity contribution is 0.209. The minimum absolute atomic E-state index is 0.233. The first-order valence-electron chi connectivity index (χ1n) is 9.13. The second kappa shape index (κ2) is 9.06. The number of benzene rings is 2. The van der Waals surface area contributed by atoms with E-state index in [1.165, 1.54) is 17.7 Å². The molecule has 0 saturated heterocycles. The van der Waals surface area contributed by atoms with E-state index in [2.05, 4.69) is 36.7 Å². The SMILES string of the molecule is C=CCn1c(SCc2ccc(F)cc2)nnc1C(C)Oc1cccc(C)c1C. The van der Waals surface area contributed by atoms with Gasteiger partial charge in [-0.25, -0.2) is 4.39 Å². The van der Waals surface area contributed by atoms with E-state index in [1.807, 2.05) is 29.7 Å². The molecule has 0 fully saturated rings. The van der Waals surface area contributed by atoms with Crippen LogP contribution in [0.2, 0.25) is 0 Å². The predicted octanol–water partition coefficient (Wildman–Crippen LogP) is 5.65. The van der Waals surface area contributed by atoms with E-state index >= 15 is 0 Å². The van der Waals surface area contributed by atoms with Crippen molar-refractivity contribution in [3.05, 3.63) is 83.5 Å². The molecule has 0 radical (unpaired) electrons. The molecule has 1 aromatic heterocycles. The molecule has 0 saturated carbocycles. The molecule has 146 valence electrons. The van der Waals surface area contributed by atoms with Crippen LogP contribution < -0.4 is 4.74 Å². The summed E-state index contributed by atoms with van der Waals surface area (Å²) in [5.41, 5.74) is 3.34. The van der Waals surface area contributed by atoms with Crippen LogP contribution in [0.3, 0.4) is 0 Å². The minimum atomic E-state index is -0.256. The summed E-state index contributed by atoms with van der Waals surface area (Å²) < 4.78 is 21.3. The maximum atomic E-state index is 13.1. The van der Waals surface area contributed by atoms with Crippen molar-refractivity contribution in [2.45, 2.75) is 44.3 Å². The summed E-state index contributed by atoms with van der Waals surface area (Å²) in [6, 6.07) is 12.5. The average molecular weight is 398 g/mol. The van der Waals surface area contributed by atoms with E-state index in [0.717, 1.165) is 27.9 Å². The number of halogens is 1. The van der Waals surface area contributed by atoms with Gasteiger partial charge in [-0.2, -0.15) is 0 Å². The summed E-state index contributed by atoms with van der Waals surface area (Å²) in [5.74, 6) is 2.05. The van der Waals surface area contributed by atoms with Crippen molar-refractivity contribution in [2.24, 2.45) is 0 Å². The predicted molar refractivity (Wildman–Crippen MR) is 111 cm³/mol. The number of ether oxygens (including phenoxy) is 1. The number of aryl methyl sites for hydroxylation is 1. The highest BCUT2D eigenvalue weighted by Gasteiger charge is 2.20. The number of hydrogen-bond acceptors (Lipinski definition) is 4. The van der Waals surface area contributed by atoms with E-state index in [9.17, 15) is 4.39 Å². The normalized spacial score (nSPS) is 12.0. The maximum absolute atomic E-state index is 13.1. The Morgan fingerprint density at radius 2 is 1.93 bits per heavy atom. The van der Waals surface area contributed by atoms with Crippen molar-refractivity contribution < 1.29 is 9.13 Å². The first kappa shape index (κ1) is 20.1. The van der Waals surface area contributed by atoms with Crippen molar-refractivity contribution in [1.29, 1.82) is 0 Å². The van der Waals surface area contributed by atoms with Crippen LogP contribution in [-0.4, -0.2) is 14.8 Å². The van der Waals surface area contributed by atoms with Crippen molar-refractivity contribution in [3.63, 3.8) is 0 Å². The molecular weight excluding hydrogens is 373 g/mol. The van der Waals surface area contributed by atoms with Crippen molar-refractivity contribution in [2.75, 3.05) is 0 Å². The molecule has 3 aromatic rings. The van der Waals surface area contributed by atoms with Crippen LogP contribution in [0, 0.1) is 19.7 Å². The molecule has 0 N–H and O–H groups in total. The van der Waals surface area contributed by atoms with Crippen LogP contribution in [0.15, 0.2) is 60.3 Å². The van der Waals surface area contributed by atoms with Crippen LogP contribution >= 0.6 is 11.8 Å². The molecule has 6 heteroatoms. The number of rotatable bonds is 8. The maximum Gasteiger partial charge on any atom is 0.191 e. The van der Waals surface area contributed by atoms with Crippen molar-refractivity contribution in [3.8, 4) is 5.75 Å². The molecule has 0 amide bonds. The fourth-order valence-corrected chi connectivity index (χ4v) is 3.74. The molecule has 28 heavy (non-hydrogen) atoms. The third kappa shape index (κ3) is 4.62. The highest BCUT2D eigenvalue weighted by Crippen LogP contribution is 2.29. The van der Waals surface area contributed by atoms with Crippen LogP contribution in [-0.2, 0) is 12.3 Å². The molecule has 4 nitrogen and oxygen atoms in total. The highest BCUT2D eigenvalue weighted by molar-refractivity contribution is 7.98. The van der Waals surface area contributed by atoms with Gasteiger partial charge in [0.2, 0.25) is 0 Å². The lowest BCUT2D eigenvalue weighted by Crippen LogP contribution is -2.12. The van der Waals surface area contributed by atoms with Gasteiger partial charge < -0.3 is 4.74 Å². The first-order valence-corrected chi connectivity index (χ1v) is 10.1. The Morgan fingerprint density at radius 1 is 1.18 bits per heavy atom. The van der Waals surface area contributed by atoms with Crippen LogP contribution in [0.1, 0.15) is 35.5 Å². The molecule has 0 aliphatic carbocycles. The van der Waals surface area contributed by atoms with E-state index in [4.69, 9.17) is 4.74 Å². The number of allylic oxidation sites excluding steroid dienone is 1. The average Bonchev–Trinajstić information content (AvgIpc) is 3.08. The Labute approximate surface area is 169 Å². The molecule has 0 bridgehead atoms. The van der Waals surface area contributed by atoms with Gasteiger partial charge in [-0.1, -0.05) is 42.1 Å². The van der Waals surface area contributed by atoms with Gasteiger partial charge in [-0.05, 0) is 55.7 Å².